The van der Waals surface area contributed by atoms with E-state index in [1.165, 1.54) is 205 Å². The van der Waals surface area contributed by atoms with Crippen LogP contribution in [0.25, 0.3) is 0 Å². The van der Waals surface area contributed by atoms with Crippen molar-refractivity contribution in [2.75, 3.05) is 13.2 Å². The van der Waals surface area contributed by atoms with Gasteiger partial charge in [-0.3, -0.25) is 14.4 Å². The molecule has 0 aromatic rings. The molecular formula is C67H118O6. The second kappa shape index (κ2) is 61.4. The standard InChI is InChI=1S/C67H118O6/c1-4-7-10-13-16-19-22-25-27-29-31-33-35-37-39-42-45-48-51-54-57-60-66(69)72-63-64(62-71-65(68)59-56-53-50-47-44-41-24-21-18-15-12-9-6-3)73-67(70)61-58-55-52-49-46-43-40-38-36-34-32-30-28-26-23-20-17-14-11-8-5-2/h9,12,18,21,29-32,41,44,50,53,64H,4-8,10-11,13-17,19-20,22-28,33-40,42-43,45-49,51-52,54-63H2,1-3H3/b12-9-,21-18-,31-29-,32-30-,44-41-,53-50-. The Morgan fingerprint density at radius 1 is 0.288 bits per heavy atom. The Morgan fingerprint density at radius 2 is 0.562 bits per heavy atom. The average Bonchev–Trinajstić information content (AvgIpc) is 3.39. The number of allylic oxidation sites excluding steroid dienone is 12. The van der Waals surface area contributed by atoms with Crippen molar-refractivity contribution in [3.05, 3.63) is 72.9 Å². The Labute approximate surface area is 453 Å². The summed E-state index contributed by atoms with van der Waals surface area (Å²) in [5, 5.41) is 0. The number of rotatable bonds is 57. The monoisotopic (exact) mass is 1020 g/mol. The van der Waals surface area contributed by atoms with Crippen molar-refractivity contribution in [3.63, 3.8) is 0 Å². The van der Waals surface area contributed by atoms with E-state index >= 15 is 0 Å². The van der Waals surface area contributed by atoms with Crippen molar-refractivity contribution < 1.29 is 28.6 Å². The maximum Gasteiger partial charge on any atom is 0.306 e. The Kier molecular flexibility index (Phi) is 58.7. The smallest absolute Gasteiger partial charge is 0.306 e. The first-order chi connectivity index (χ1) is 36.0. The van der Waals surface area contributed by atoms with Crippen molar-refractivity contribution in [3.8, 4) is 0 Å². The highest BCUT2D eigenvalue weighted by molar-refractivity contribution is 5.71. The summed E-state index contributed by atoms with van der Waals surface area (Å²) in [7, 11) is 0. The van der Waals surface area contributed by atoms with E-state index in [0.29, 0.717) is 19.3 Å². The van der Waals surface area contributed by atoms with Gasteiger partial charge < -0.3 is 14.2 Å². The van der Waals surface area contributed by atoms with Crippen LogP contribution in [-0.2, 0) is 28.6 Å². The van der Waals surface area contributed by atoms with Gasteiger partial charge in [0.2, 0.25) is 0 Å². The molecule has 0 saturated heterocycles. The second-order valence-corrected chi connectivity index (χ2v) is 20.9. The molecule has 0 radical (unpaired) electrons. The van der Waals surface area contributed by atoms with Crippen molar-refractivity contribution in [2.45, 2.75) is 322 Å². The molecule has 0 fully saturated rings. The van der Waals surface area contributed by atoms with Crippen LogP contribution in [0, 0.1) is 0 Å². The number of carbonyl (C=O) groups excluding carboxylic acids is 3. The van der Waals surface area contributed by atoms with Gasteiger partial charge in [0.05, 0.1) is 0 Å². The van der Waals surface area contributed by atoms with Crippen LogP contribution in [-0.4, -0.2) is 37.2 Å². The summed E-state index contributed by atoms with van der Waals surface area (Å²) in [6.07, 6.45) is 79.3. The molecule has 0 aliphatic carbocycles. The number of carbonyl (C=O) groups is 3. The topological polar surface area (TPSA) is 78.9 Å². The lowest BCUT2D eigenvalue weighted by molar-refractivity contribution is -0.166. The molecule has 73 heavy (non-hydrogen) atoms. The van der Waals surface area contributed by atoms with Gasteiger partial charge in [0.1, 0.15) is 13.2 Å². The van der Waals surface area contributed by atoms with Gasteiger partial charge >= 0.3 is 17.9 Å². The first kappa shape index (κ1) is 69.8. The van der Waals surface area contributed by atoms with Gasteiger partial charge in [-0.05, 0) is 96.3 Å². The highest BCUT2D eigenvalue weighted by Crippen LogP contribution is 2.16. The summed E-state index contributed by atoms with van der Waals surface area (Å²) in [5.41, 5.74) is 0. The number of unbranched alkanes of at least 4 members (excludes halogenated alkanes) is 34. The minimum atomic E-state index is -0.807. The zero-order valence-electron chi connectivity index (χ0n) is 48.4. The Hall–Kier alpha value is -3.15. The van der Waals surface area contributed by atoms with E-state index in [-0.39, 0.29) is 37.5 Å². The largest absolute Gasteiger partial charge is 0.462 e. The molecule has 0 bridgehead atoms. The predicted octanol–water partition coefficient (Wildman–Crippen LogP) is 21.3. The summed E-state index contributed by atoms with van der Waals surface area (Å²) < 4.78 is 16.8. The molecule has 0 rings (SSSR count). The quantitative estimate of drug-likeness (QED) is 0.0261. The zero-order valence-corrected chi connectivity index (χ0v) is 48.4. The number of esters is 3. The highest BCUT2D eigenvalue weighted by Gasteiger charge is 2.19. The zero-order chi connectivity index (χ0) is 52.9. The molecule has 0 aliphatic heterocycles. The average molecular weight is 1020 g/mol. The van der Waals surface area contributed by atoms with Crippen molar-refractivity contribution in [2.24, 2.45) is 0 Å². The molecule has 422 valence electrons. The molecule has 0 amide bonds. The Balaban J connectivity index is 4.36. The number of hydrogen-bond donors (Lipinski definition) is 0. The van der Waals surface area contributed by atoms with Gasteiger partial charge in [-0.25, -0.2) is 0 Å². The Bertz CT molecular complexity index is 1360. The summed E-state index contributed by atoms with van der Waals surface area (Å²) >= 11 is 0. The van der Waals surface area contributed by atoms with Gasteiger partial charge in [0, 0.05) is 19.3 Å². The van der Waals surface area contributed by atoms with Gasteiger partial charge in [0.15, 0.2) is 6.10 Å². The molecular weight excluding hydrogens is 901 g/mol. The summed E-state index contributed by atoms with van der Waals surface area (Å²) in [4.78, 5) is 38.2. The van der Waals surface area contributed by atoms with E-state index in [1.54, 1.807) is 0 Å². The fraction of sp³-hybridized carbons (Fsp3) is 0.776. The lowest BCUT2D eigenvalue weighted by Gasteiger charge is -2.18. The molecule has 0 aromatic carbocycles. The summed E-state index contributed by atoms with van der Waals surface area (Å²) in [5.74, 6) is -0.975. The Morgan fingerprint density at radius 3 is 0.918 bits per heavy atom. The SMILES string of the molecule is CC/C=C\C/C=C\C/C=C\C/C=C\CCC(=O)OCC(COC(=O)CCCCCCCCCCC/C=C\CCCCCCCCCC)OC(=O)CCCCCCCCCCC/C=C\CCCCCCCCCC. The van der Waals surface area contributed by atoms with Gasteiger partial charge in [-0.15, -0.1) is 0 Å². The molecule has 1 atom stereocenters. The second-order valence-electron chi connectivity index (χ2n) is 20.9. The van der Waals surface area contributed by atoms with Gasteiger partial charge in [-0.1, -0.05) is 273 Å². The third-order valence-electron chi connectivity index (χ3n) is 13.7. The molecule has 0 aliphatic rings. The lowest BCUT2D eigenvalue weighted by atomic mass is 10.1. The number of hydrogen-bond acceptors (Lipinski definition) is 6. The van der Waals surface area contributed by atoms with Crippen molar-refractivity contribution >= 4 is 17.9 Å². The fourth-order valence-electron chi connectivity index (χ4n) is 8.98. The molecule has 0 N–H and O–H groups in total. The van der Waals surface area contributed by atoms with Crippen LogP contribution in [0.4, 0.5) is 0 Å². The fourth-order valence-corrected chi connectivity index (χ4v) is 8.98. The van der Waals surface area contributed by atoms with Crippen LogP contribution in [0.2, 0.25) is 0 Å². The molecule has 0 spiro atoms. The molecule has 0 saturated carbocycles. The van der Waals surface area contributed by atoms with Crippen molar-refractivity contribution in [1.29, 1.82) is 0 Å². The first-order valence-corrected chi connectivity index (χ1v) is 31.4. The third kappa shape index (κ3) is 59.6. The minimum Gasteiger partial charge on any atom is -0.462 e. The van der Waals surface area contributed by atoms with Crippen LogP contribution >= 0.6 is 0 Å². The minimum absolute atomic E-state index is 0.0979. The summed E-state index contributed by atoms with van der Waals surface area (Å²) in [6.45, 7) is 6.49. The molecule has 1 unspecified atom stereocenters. The maximum atomic E-state index is 12.9. The van der Waals surface area contributed by atoms with Gasteiger partial charge in [-0.2, -0.15) is 0 Å². The van der Waals surface area contributed by atoms with Crippen molar-refractivity contribution in [1.82, 2.24) is 0 Å². The third-order valence-corrected chi connectivity index (χ3v) is 13.7. The van der Waals surface area contributed by atoms with E-state index < -0.39 is 6.10 Å². The van der Waals surface area contributed by atoms with Crippen LogP contribution in [0.5, 0.6) is 0 Å². The van der Waals surface area contributed by atoms with E-state index in [2.05, 4.69) is 87.6 Å². The first-order valence-electron chi connectivity index (χ1n) is 31.4. The highest BCUT2D eigenvalue weighted by atomic mass is 16.6. The molecule has 0 aromatic heterocycles. The lowest BCUT2D eigenvalue weighted by Crippen LogP contribution is -2.30. The molecule has 6 heteroatoms. The van der Waals surface area contributed by atoms with Crippen LogP contribution < -0.4 is 0 Å². The van der Waals surface area contributed by atoms with Crippen LogP contribution in [0.1, 0.15) is 316 Å². The number of ether oxygens (including phenoxy) is 3. The predicted molar refractivity (Wildman–Crippen MR) is 316 cm³/mol. The normalized spacial score (nSPS) is 12.5. The van der Waals surface area contributed by atoms with Crippen LogP contribution in [0.3, 0.4) is 0 Å². The van der Waals surface area contributed by atoms with E-state index in [9.17, 15) is 14.4 Å². The van der Waals surface area contributed by atoms with E-state index in [1.807, 2.05) is 6.08 Å². The van der Waals surface area contributed by atoms with Crippen LogP contribution in [0.15, 0.2) is 72.9 Å². The molecule has 0 heterocycles. The molecule has 6 nitrogen and oxygen atoms in total. The summed E-state index contributed by atoms with van der Waals surface area (Å²) in [6, 6.07) is 0. The van der Waals surface area contributed by atoms with E-state index in [4.69, 9.17) is 14.2 Å². The maximum absolute atomic E-state index is 12.9. The van der Waals surface area contributed by atoms with E-state index in [0.717, 1.165) is 64.2 Å². The van der Waals surface area contributed by atoms with Gasteiger partial charge in [0.25, 0.3) is 0 Å².